The predicted molar refractivity (Wildman–Crippen MR) is 94.8 cm³/mol. The Morgan fingerprint density at radius 2 is 1.96 bits per heavy atom. The Labute approximate surface area is 152 Å². The van der Waals surface area contributed by atoms with Gasteiger partial charge in [-0.2, -0.15) is 0 Å². The van der Waals surface area contributed by atoms with Crippen molar-refractivity contribution in [2.75, 3.05) is 19.0 Å². The molecule has 0 aliphatic rings. The zero-order valence-corrected chi connectivity index (χ0v) is 14.1. The van der Waals surface area contributed by atoms with Gasteiger partial charge in [0.2, 0.25) is 5.76 Å². The first-order valence-electron chi connectivity index (χ1n) is 7.76. The molecule has 3 aromatic rings. The number of non-ortho nitro benzene ring substituents is 1. The number of carbonyl (C=O) groups excluding carboxylic acids is 2. The van der Waals surface area contributed by atoms with Crippen molar-refractivity contribution >= 4 is 34.2 Å². The summed E-state index contributed by atoms with van der Waals surface area (Å²) in [5.41, 5.74) is 0.400. The highest BCUT2D eigenvalue weighted by molar-refractivity contribution is 5.97. The van der Waals surface area contributed by atoms with Crippen molar-refractivity contribution in [1.29, 1.82) is 0 Å². The first-order chi connectivity index (χ1) is 13.0. The van der Waals surface area contributed by atoms with Gasteiger partial charge in [-0.25, -0.2) is 4.79 Å². The standard InChI is InChI=1S/C18H14N2O7/c1-25-15-7-6-12(20(23)24)9-13(15)19-17(21)10-26-18(22)16-8-11-4-2-3-5-14(11)27-16/h2-9H,10H2,1H3,(H,19,21). The smallest absolute Gasteiger partial charge is 0.374 e. The molecule has 0 spiro atoms. The molecule has 0 atom stereocenters. The number of hydrogen-bond donors (Lipinski definition) is 1. The van der Waals surface area contributed by atoms with Gasteiger partial charge >= 0.3 is 5.97 Å². The summed E-state index contributed by atoms with van der Waals surface area (Å²) in [6.45, 7) is -0.596. The van der Waals surface area contributed by atoms with Crippen LogP contribution in [0, 0.1) is 10.1 Å². The number of ether oxygens (including phenoxy) is 2. The molecule has 0 fully saturated rings. The maximum absolute atomic E-state index is 12.0. The number of nitrogens with one attached hydrogen (secondary N) is 1. The number of nitro groups is 1. The van der Waals surface area contributed by atoms with Gasteiger partial charge < -0.3 is 19.2 Å². The lowest BCUT2D eigenvalue weighted by molar-refractivity contribution is -0.384. The Balaban J connectivity index is 1.65. The molecule has 138 valence electrons. The molecule has 1 heterocycles. The number of methoxy groups -OCH3 is 1. The molecule has 27 heavy (non-hydrogen) atoms. The molecule has 0 radical (unpaired) electrons. The Morgan fingerprint density at radius 3 is 2.67 bits per heavy atom. The van der Waals surface area contributed by atoms with E-state index in [-0.39, 0.29) is 22.9 Å². The van der Waals surface area contributed by atoms with Gasteiger partial charge in [0.05, 0.1) is 17.7 Å². The van der Waals surface area contributed by atoms with Gasteiger partial charge in [-0.1, -0.05) is 18.2 Å². The van der Waals surface area contributed by atoms with Crippen LogP contribution in [0.4, 0.5) is 11.4 Å². The molecule has 0 saturated heterocycles. The average Bonchev–Trinajstić information content (AvgIpc) is 3.10. The lowest BCUT2D eigenvalue weighted by atomic mass is 10.2. The number of fused-ring (bicyclic) bond motifs is 1. The molecule has 0 bridgehead atoms. The predicted octanol–water partition coefficient (Wildman–Crippen LogP) is 3.15. The third kappa shape index (κ3) is 4.03. The summed E-state index contributed by atoms with van der Waals surface area (Å²) in [6, 6.07) is 12.3. The van der Waals surface area contributed by atoms with Crippen LogP contribution in [-0.4, -0.2) is 30.5 Å². The zero-order chi connectivity index (χ0) is 19.4. The summed E-state index contributed by atoms with van der Waals surface area (Å²) < 4.78 is 15.3. The molecule has 1 amide bonds. The van der Waals surface area contributed by atoms with Crippen LogP contribution < -0.4 is 10.1 Å². The minimum atomic E-state index is -0.799. The molecule has 2 aromatic carbocycles. The third-order valence-corrected chi connectivity index (χ3v) is 3.63. The quantitative estimate of drug-likeness (QED) is 0.402. The minimum absolute atomic E-state index is 0.0306. The number of benzene rings is 2. The van der Waals surface area contributed by atoms with Crippen LogP contribution in [0.3, 0.4) is 0 Å². The van der Waals surface area contributed by atoms with Crippen LogP contribution in [0.15, 0.2) is 52.9 Å². The van der Waals surface area contributed by atoms with Crippen molar-refractivity contribution in [2.45, 2.75) is 0 Å². The lowest BCUT2D eigenvalue weighted by Gasteiger charge is -2.10. The molecular weight excluding hydrogens is 356 g/mol. The van der Waals surface area contributed by atoms with E-state index in [4.69, 9.17) is 13.9 Å². The van der Waals surface area contributed by atoms with Crippen LogP contribution >= 0.6 is 0 Å². The number of carbonyl (C=O) groups is 2. The molecule has 0 unspecified atom stereocenters. The second-order valence-corrected chi connectivity index (χ2v) is 5.41. The van der Waals surface area contributed by atoms with E-state index in [0.29, 0.717) is 5.58 Å². The van der Waals surface area contributed by atoms with E-state index >= 15 is 0 Å². The maximum atomic E-state index is 12.0. The van der Waals surface area contributed by atoms with Crippen molar-refractivity contribution in [3.8, 4) is 5.75 Å². The monoisotopic (exact) mass is 370 g/mol. The van der Waals surface area contributed by atoms with Gasteiger partial charge in [0.15, 0.2) is 6.61 Å². The maximum Gasteiger partial charge on any atom is 0.374 e. The molecule has 9 heteroatoms. The molecule has 1 aromatic heterocycles. The largest absolute Gasteiger partial charge is 0.495 e. The first kappa shape index (κ1) is 17.9. The number of para-hydroxylation sites is 1. The van der Waals surface area contributed by atoms with E-state index in [0.717, 1.165) is 11.5 Å². The van der Waals surface area contributed by atoms with E-state index in [2.05, 4.69) is 5.32 Å². The van der Waals surface area contributed by atoms with Gasteiger partial charge in [-0.05, 0) is 18.2 Å². The van der Waals surface area contributed by atoms with Crippen LogP contribution in [0.5, 0.6) is 5.75 Å². The topological polar surface area (TPSA) is 121 Å². The van der Waals surface area contributed by atoms with E-state index < -0.39 is 23.4 Å². The first-order valence-corrected chi connectivity index (χ1v) is 7.76. The highest BCUT2D eigenvalue weighted by atomic mass is 16.6. The van der Waals surface area contributed by atoms with Gasteiger partial charge in [0, 0.05) is 17.5 Å². The molecule has 0 aliphatic carbocycles. The SMILES string of the molecule is COc1ccc([N+](=O)[O-])cc1NC(=O)COC(=O)c1cc2ccccc2o1. The fourth-order valence-corrected chi connectivity index (χ4v) is 2.38. The molecule has 1 N–H and O–H groups in total. The van der Waals surface area contributed by atoms with E-state index in [1.54, 1.807) is 24.3 Å². The second-order valence-electron chi connectivity index (χ2n) is 5.41. The highest BCUT2D eigenvalue weighted by Crippen LogP contribution is 2.28. The molecule has 0 saturated carbocycles. The van der Waals surface area contributed by atoms with Gasteiger partial charge in [0.1, 0.15) is 11.3 Å². The summed E-state index contributed by atoms with van der Waals surface area (Å²) >= 11 is 0. The molecule has 9 nitrogen and oxygen atoms in total. The molecular formula is C18H14N2O7. The summed E-state index contributed by atoms with van der Waals surface area (Å²) in [4.78, 5) is 34.3. The summed E-state index contributed by atoms with van der Waals surface area (Å²) in [5, 5.41) is 14.0. The van der Waals surface area contributed by atoms with Crippen molar-refractivity contribution in [3.05, 3.63) is 64.4 Å². The average molecular weight is 370 g/mol. The fraction of sp³-hybridized carbons (Fsp3) is 0.111. The number of rotatable bonds is 6. The number of anilines is 1. The van der Waals surface area contributed by atoms with Crippen molar-refractivity contribution in [1.82, 2.24) is 0 Å². The van der Waals surface area contributed by atoms with Gasteiger partial charge in [0.25, 0.3) is 11.6 Å². The normalized spacial score (nSPS) is 10.4. The summed E-state index contributed by atoms with van der Waals surface area (Å²) in [6.07, 6.45) is 0. The van der Waals surface area contributed by atoms with Gasteiger partial charge in [-0.3, -0.25) is 14.9 Å². The van der Waals surface area contributed by atoms with Crippen LogP contribution in [0.2, 0.25) is 0 Å². The number of nitrogens with zero attached hydrogens (tertiary/aromatic N) is 1. The third-order valence-electron chi connectivity index (χ3n) is 3.63. The molecule has 0 aliphatic heterocycles. The van der Waals surface area contributed by atoms with Crippen LogP contribution in [-0.2, 0) is 9.53 Å². The Hall–Kier alpha value is -3.88. The lowest BCUT2D eigenvalue weighted by Crippen LogP contribution is -2.21. The number of hydrogen-bond acceptors (Lipinski definition) is 7. The Kier molecular flexibility index (Phi) is 5.02. The fourth-order valence-electron chi connectivity index (χ4n) is 2.38. The second kappa shape index (κ2) is 7.56. The summed E-state index contributed by atoms with van der Waals surface area (Å²) in [5.74, 6) is -1.28. The van der Waals surface area contributed by atoms with E-state index in [1.807, 2.05) is 0 Å². The molecule has 3 rings (SSSR count). The summed E-state index contributed by atoms with van der Waals surface area (Å²) in [7, 11) is 1.36. The number of furan rings is 1. The van der Waals surface area contributed by atoms with Gasteiger partial charge in [-0.15, -0.1) is 0 Å². The zero-order valence-electron chi connectivity index (χ0n) is 14.1. The minimum Gasteiger partial charge on any atom is -0.495 e. The Morgan fingerprint density at radius 1 is 1.19 bits per heavy atom. The highest BCUT2D eigenvalue weighted by Gasteiger charge is 2.17. The van der Waals surface area contributed by atoms with Crippen LogP contribution in [0.1, 0.15) is 10.6 Å². The number of amides is 1. The number of esters is 1. The van der Waals surface area contributed by atoms with Crippen molar-refractivity contribution in [3.63, 3.8) is 0 Å². The van der Waals surface area contributed by atoms with E-state index in [1.165, 1.54) is 25.3 Å². The van der Waals surface area contributed by atoms with Crippen molar-refractivity contribution < 1.29 is 28.4 Å². The van der Waals surface area contributed by atoms with E-state index in [9.17, 15) is 19.7 Å². The van der Waals surface area contributed by atoms with Crippen molar-refractivity contribution in [2.24, 2.45) is 0 Å². The number of nitro benzene ring substituents is 1. The Bertz CT molecular complexity index is 992. The van der Waals surface area contributed by atoms with Crippen LogP contribution in [0.25, 0.3) is 11.0 Å².